The molecule has 3 aromatic rings. The summed E-state index contributed by atoms with van der Waals surface area (Å²) in [7, 11) is 1.62. The number of methoxy groups -OCH3 is 1. The molecule has 0 saturated heterocycles. The maximum absolute atomic E-state index is 12.3. The molecular weight excluding hydrogens is 322 g/mol. The number of amides is 1. The molecule has 0 aliphatic carbocycles. The van der Waals surface area contributed by atoms with Gasteiger partial charge in [0.05, 0.1) is 19.6 Å². The summed E-state index contributed by atoms with van der Waals surface area (Å²) < 4.78 is 7.06. The minimum Gasteiger partial charge on any atom is -0.497 e. The Morgan fingerprint density at radius 3 is 3.00 bits per heavy atom. The predicted molar refractivity (Wildman–Crippen MR) is 94.4 cm³/mol. The Labute approximate surface area is 144 Å². The van der Waals surface area contributed by atoms with Crippen LogP contribution in [0.15, 0.2) is 59.6 Å². The number of hydrogen-bond donors (Lipinski definition) is 1. The number of benzene rings is 1. The molecule has 124 valence electrons. The summed E-state index contributed by atoms with van der Waals surface area (Å²) in [5, 5.41) is 11.4. The molecule has 2 heterocycles. The van der Waals surface area contributed by atoms with Crippen LogP contribution in [0, 0.1) is 0 Å². The maximum Gasteiger partial charge on any atom is 0.224 e. The fourth-order valence-corrected chi connectivity index (χ4v) is 3.24. The molecule has 0 fully saturated rings. The Balaban J connectivity index is 1.63. The van der Waals surface area contributed by atoms with Gasteiger partial charge in [0.1, 0.15) is 5.75 Å². The van der Waals surface area contributed by atoms with Crippen molar-refractivity contribution in [3.63, 3.8) is 0 Å². The van der Waals surface area contributed by atoms with Gasteiger partial charge in [-0.15, -0.1) is 0 Å². The van der Waals surface area contributed by atoms with Gasteiger partial charge in [0.25, 0.3) is 0 Å². The molecule has 1 N–H and O–H groups in total. The number of aromatic nitrogens is 2. The first-order valence-corrected chi connectivity index (χ1v) is 8.61. The topological polar surface area (TPSA) is 56.1 Å². The largest absolute Gasteiger partial charge is 0.497 e. The monoisotopic (exact) mass is 341 g/mol. The molecule has 0 bridgehead atoms. The molecule has 5 nitrogen and oxygen atoms in total. The van der Waals surface area contributed by atoms with Crippen LogP contribution in [0.1, 0.15) is 17.2 Å². The van der Waals surface area contributed by atoms with E-state index in [4.69, 9.17) is 4.74 Å². The quantitative estimate of drug-likeness (QED) is 0.719. The predicted octanol–water partition coefficient (Wildman–Crippen LogP) is 2.90. The van der Waals surface area contributed by atoms with Crippen molar-refractivity contribution in [1.82, 2.24) is 15.1 Å². The van der Waals surface area contributed by atoms with E-state index in [2.05, 4.69) is 21.9 Å². The van der Waals surface area contributed by atoms with Crippen molar-refractivity contribution in [2.45, 2.75) is 12.5 Å². The Kier molecular flexibility index (Phi) is 5.28. The Hall–Kier alpha value is -2.60. The van der Waals surface area contributed by atoms with Crippen molar-refractivity contribution in [1.29, 1.82) is 0 Å². The highest BCUT2D eigenvalue weighted by Crippen LogP contribution is 2.19. The van der Waals surface area contributed by atoms with E-state index in [1.807, 2.05) is 46.6 Å². The lowest BCUT2D eigenvalue weighted by molar-refractivity contribution is -0.120. The lowest BCUT2D eigenvalue weighted by atomic mass is 10.1. The number of thiophene rings is 1. The minimum absolute atomic E-state index is 0.000472. The second-order valence-corrected chi connectivity index (χ2v) is 6.17. The first-order valence-electron chi connectivity index (χ1n) is 7.67. The van der Waals surface area contributed by atoms with E-state index in [0.29, 0.717) is 13.0 Å². The molecule has 0 saturated carbocycles. The molecule has 0 aliphatic rings. The Bertz CT molecular complexity index is 735. The van der Waals surface area contributed by atoms with Gasteiger partial charge in [0.2, 0.25) is 5.91 Å². The molecule has 2 aromatic heterocycles. The van der Waals surface area contributed by atoms with Crippen molar-refractivity contribution in [3.8, 4) is 5.75 Å². The Morgan fingerprint density at radius 2 is 2.29 bits per heavy atom. The number of rotatable bonds is 7. The average molecular weight is 341 g/mol. The normalized spacial score (nSPS) is 11.9. The molecule has 0 aliphatic heterocycles. The number of ether oxygens (including phenoxy) is 1. The lowest BCUT2D eigenvalue weighted by Crippen LogP contribution is -2.32. The van der Waals surface area contributed by atoms with Crippen molar-refractivity contribution >= 4 is 17.2 Å². The van der Waals surface area contributed by atoms with Crippen molar-refractivity contribution in [2.75, 3.05) is 13.7 Å². The van der Waals surface area contributed by atoms with Crippen LogP contribution in [0.3, 0.4) is 0 Å². The molecule has 3 rings (SSSR count). The summed E-state index contributed by atoms with van der Waals surface area (Å²) in [4.78, 5) is 12.3. The summed E-state index contributed by atoms with van der Waals surface area (Å²) in [6.45, 7) is 0.501. The van der Waals surface area contributed by atoms with Crippen molar-refractivity contribution in [2.24, 2.45) is 0 Å². The molecule has 1 atom stereocenters. The number of hydrogen-bond acceptors (Lipinski definition) is 4. The summed E-state index contributed by atoms with van der Waals surface area (Å²) >= 11 is 1.64. The van der Waals surface area contributed by atoms with Gasteiger partial charge in [-0.2, -0.15) is 16.4 Å². The number of nitrogens with one attached hydrogen (secondary N) is 1. The first-order chi connectivity index (χ1) is 11.8. The highest BCUT2D eigenvalue weighted by Gasteiger charge is 2.16. The zero-order chi connectivity index (χ0) is 16.8. The van der Waals surface area contributed by atoms with Crippen LogP contribution in [-0.2, 0) is 11.2 Å². The van der Waals surface area contributed by atoms with Gasteiger partial charge in [0, 0.05) is 18.9 Å². The maximum atomic E-state index is 12.3. The molecule has 0 unspecified atom stereocenters. The summed E-state index contributed by atoms with van der Waals surface area (Å²) in [6.07, 6.45) is 3.99. The van der Waals surface area contributed by atoms with Crippen LogP contribution in [0.4, 0.5) is 0 Å². The van der Waals surface area contributed by atoms with Crippen LogP contribution < -0.4 is 10.1 Å². The number of nitrogens with zero attached hydrogens (tertiary/aromatic N) is 2. The van der Waals surface area contributed by atoms with Crippen LogP contribution in [0.2, 0.25) is 0 Å². The third kappa shape index (κ3) is 4.02. The molecule has 0 radical (unpaired) electrons. The number of carbonyl (C=O) groups is 1. The van der Waals surface area contributed by atoms with E-state index >= 15 is 0 Å². The Morgan fingerprint density at radius 1 is 1.38 bits per heavy atom. The third-order valence-corrected chi connectivity index (χ3v) is 4.47. The summed E-state index contributed by atoms with van der Waals surface area (Å²) in [6, 6.07) is 11.5. The van der Waals surface area contributed by atoms with Crippen LogP contribution >= 0.6 is 11.3 Å². The zero-order valence-electron chi connectivity index (χ0n) is 13.4. The summed E-state index contributed by atoms with van der Waals surface area (Å²) in [5.41, 5.74) is 2.07. The zero-order valence-corrected chi connectivity index (χ0v) is 14.2. The SMILES string of the molecule is COc1cccc(CC(=O)NC[C@@H](c2ccsc2)n2cccn2)c1. The second kappa shape index (κ2) is 7.79. The van der Waals surface area contributed by atoms with E-state index in [0.717, 1.165) is 16.9 Å². The van der Waals surface area contributed by atoms with Gasteiger partial charge < -0.3 is 10.1 Å². The van der Waals surface area contributed by atoms with Crippen molar-refractivity contribution < 1.29 is 9.53 Å². The van der Waals surface area contributed by atoms with Gasteiger partial charge in [-0.05, 0) is 46.2 Å². The second-order valence-electron chi connectivity index (χ2n) is 5.39. The van der Waals surface area contributed by atoms with Gasteiger partial charge >= 0.3 is 0 Å². The first kappa shape index (κ1) is 16.3. The fourth-order valence-electron chi connectivity index (χ4n) is 2.53. The van der Waals surface area contributed by atoms with Gasteiger partial charge in [-0.1, -0.05) is 12.1 Å². The molecule has 1 aromatic carbocycles. The molecule has 1 amide bonds. The molecule has 0 spiro atoms. The van der Waals surface area contributed by atoms with Gasteiger partial charge in [-0.25, -0.2) is 0 Å². The van der Waals surface area contributed by atoms with E-state index < -0.39 is 0 Å². The molecule has 24 heavy (non-hydrogen) atoms. The fraction of sp³-hybridized carbons (Fsp3) is 0.222. The minimum atomic E-state index is -0.0179. The van der Waals surface area contributed by atoms with Crippen LogP contribution in [-0.4, -0.2) is 29.3 Å². The van der Waals surface area contributed by atoms with Crippen LogP contribution in [0.25, 0.3) is 0 Å². The highest BCUT2D eigenvalue weighted by molar-refractivity contribution is 7.07. The van der Waals surface area contributed by atoms with E-state index in [1.54, 1.807) is 24.6 Å². The smallest absolute Gasteiger partial charge is 0.224 e. The van der Waals surface area contributed by atoms with E-state index in [1.165, 1.54) is 0 Å². The lowest BCUT2D eigenvalue weighted by Gasteiger charge is -2.17. The standard InChI is InChI=1S/C18H19N3O2S/c1-23-16-5-2-4-14(10-16)11-18(22)19-12-17(15-6-9-24-13-15)21-8-3-7-20-21/h2-10,13,17H,11-12H2,1H3,(H,19,22)/t17-/m0/s1. The summed E-state index contributed by atoms with van der Waals surface area (Å²) in [5.74, 6) is 0.739. The van der Waals surface area contributed by atoms with Crippen LogP contribution in [0.5, 0.6) is 5.75 Å². The molecular formula is C18H19N3O2S. The van der Waals surface area contributed by atoms with Gasteiger partial charge in [0.15, 0.2) is 0 Å². The van der Waals surface area contributed by atoms with E-state index in [-0.39, 0.29) is 11.9 Å². The third-order valence-electron chi connectivity index (χ3n) is 3.76. The highest BCUT2D eigenvalue weighted by atomic mass is 32.1. The van der Waals surface area contributed by atoms with E-state index in [9.17, 15) is 4.79 Å². The van der Waals surface area contributed by atoms with Crippen molar-refractivity contribution in [3.05, 3.63) is 70.7 Å². The number of carbonyl (C=O) groups excluding carboxylic acids is 1. The average Bonchev–Trinajstić information content (AvgIpc) is 3.29. The van der Waals surface area contributed by atoms with Gasteiger partial charge in [-0.3, -0.25) is 9.48 Å². The molecule has 6 heteroatoms.